The van der Waals surface area contributed by atoms with Gasteiger partial charge in [-0.15, -0.1) is 11.8 Å². The van der Waals surface area contributed by atoms with Crippen LogP contribution in [0, 0.1) is 0 Å². The maximum atomic E-state index is 12.4. The van der Waals surface area contributed by atoms with E-state index in [1.807, 2.05) is 18.2 Å². The second-order valence-electron chi connectivity index (χ2n) is 6.14. The number of carbonyl (C=O) groups is 1. The first kappa shape index (κ1) is 14.4. The molecule has 1 aromatic carbocycles. The van der Waals surface area contributed by atoms with Crippen LogP contribution >= 0.6 is 11.8 Å². The molecule has 1 aliphatic rings. The third-order valence-corrected chi connectivity index (χ3v) is 4.39. The van der Waals surface area contributed by atoms with Crippen LogP contribution in [-0.4, -0.2) is 27.3 Å². The van der Waals surface area contributed by atoms with Crippen molar-refractivity contribution in [3.8, 4) is 0 Å². The van der Waals surface area contributed by atoms with E-state index in [0.29, 0.717) is 11.8 Å². The molecule has 0 saturated heterocycles. The average molecular weight is 277 g/mol. The molecule has 2 nitrogen and oxygen atoms in total. The van der Waals surface area contributed by atoms with E-state index in [9.17, 15) is 4.79 Å². The van der Waals surface area contributed by atoms with Crippen LogP contribution in [0.1, 0.15) is 39.2 Å². The Morgan fingerprint density at radius 1 is 1.26 bits per heavy atom. The highest BCUT2D eigenvalue weighted by atomic mass is 32.2. The number of thioether (sulfide) groups is 1. The fourth-order valence-corrected chi connectivity index (χ4v) is 2.67. The van der Waals surface area contributed by atoms with Gasteiger partial charge in [0.25, 0.3) is 0 Å². The summed E-state index contributed by atoms with van der Waals surface area (Å²) in [5.41, 5.74) is 1.23. The molecule has 3 heteroatoms. The van der Waals surface area contributed by atoms with Gasteiger partial charge >= 0.3 is 0 Å². The van der Waals surface area contributed by atoms with Gasteiger partial charge in [-0.25, -0.2) is 0 Å². The van der Waals surface area contributed by atoms with Gasteiger partial charge in [0.2, 0.25) is 5.91 Å². The van der Waals surface area contributed by atoms with Gasteiger partial charge in [0.05, 0.1) is 5.75 Å². The average Bonchev–Trinajstić information content (AvgIpc) is 3.18. The third-order valence-electron chi connectivity index (χ3n) is 3.13. The van der Waals surface area contributed by atoms with Crippen molar-refractivity contribution in [3.63, 3.8) is 0 Å². The van der Waals surface area contributed by atoms with E-state index in [1.54, 1.807) is 11.8 Å². The summed E-state index contributed by atoms with van der Waals surface area (Å²) in [6, 6.07) is 10.8. The Hall–Kier alpha value is -0.960. The minimum absolute atomic E-state index is 0.150. The molecule has 0 bridgehead atoms. The fraction of sp³-hybridized carbons (Fsp3) is 0.562. The molecule has 1 fully saturated rings. The highest BCUT2D eigenvalue weighted by Crippen LogP contribution is 2.30. The molecule has 2 rings (SSSR count). The maximum Gasteiger partial charge on any atom is 0.233 e. The number of nitrogens with zero attached hydrogens (tertiary/aromatic N) is 1. The number of amides is 1. The Kier molecular flexibility index (Phi) is 4.56. The summed E-state index contributed by atoms with van der Waals surface area (Å²) in [6.45, 7) is 7.23. The molecule has 1 amide bonds. The van der Waals surface area contributed by atoms with Crippen molar-refractivity contribution in [3.05, 3.63) is 35.9 Å². The first-order valence-corrected chi connectivity index (χ1v) is 7.91. The number of hydrogen-bond acceptors (Lipinski definition) is 2. The summed E-state index contributed by atoms with van der Waals surface area (Å²) >= 11 is 1.73. The summed E-state index contributed by atoms with van der Waals surface area (Å²) in [4.78, 5) is 14.4. The lowest BCUT2D eigenvalue weighted by molar-refractivity contribution is -0.129. The molecule has 0 aliphatic heterocycles. The van der Waals surface area contributed by atoms with E-state index in [-0.39, 0.29) is 10.7 Å². The Morgan fingerprint density at radius 3 is 2.42 bits per heavy atom. The van der Waals surface area contributed by atoms with E-state index in [0.717, 1.165) is 6.54 Å². The van der Waals surface area contributed by atoms with Crippen molar-refractivity contribution in [2.75, 3.05) is 5.75 Å². The molecular weight excluding hydrogens is 254 g/mol. The number of benzene rings is 1. The first-order valence-electron chi connectivity index (χ1n) is 6.93. The first-order chi connectivity index (χ1) is 8.96. The number of carbonyl (C=O) groups excluding carboxylic acids is 1. The van der Waals surface area contributed by atoms with Crippen LogP contribution in [0.4, 0.5) is 0 Å². The lowest BCUT2D eigenvalue weighted by Gasteiger charge is -2.25. The molecule has 0 spiro atoms. The minimum atomic E-state index is 0.150. The zero-order valence-electron chi connectivity index (χ0n) is 12.1. The smallest absolute Gasteiger partial charge is 0.233 e. The molecule has 104 valence electrons. The Morgan fingerprint density at radius 2 is 1.89 bits per heavy atom. The van der Waals surface area contributed by atoms with Gasteiger partial charge in [-0.1, -0.05) is 51.1 Å². The summed E-state index contributed by atoms with van der Waals surface area (Å²) < 4.78 is 0.150. The summed E-state index contributed by atoms with van der Waals surface area (Å²) in [5, 5.41) is 0. The summed E-state index contributed by atoms with van der Waals surface area (Å²) in [5.74, 6) is 0.874. The Labute approximate surface area is 120 Å². The predicted octanol–water partition coefficient (Wildman–Crippen LogP) is 3.71. The third kappa shape index (κ3) is 4.90. The topological polar surface area (TPSA) is 20.3 Å². The van der Waals surface area contributed by atoms with Crippen molar-refractivity contribution in [1.29, 1.82) is 0 Å². The monoisotopic (exact) mass is 277 g/mol. The summed E-state index contributed by atoms with van der Waals surface area (Å²) in [6.07, 6.45) is 2.33. The number of rotatable bonds is 5. The Balaban J connectivity index is 1.94. The second kappa shape index (κ2) is 6.00. The second-order valence-corrected chi connectivity index (χ2v) is 7.94. The molecule has 0 radical (unpaired) electrons. The fourth-order valence-electron chi connectivity index (χ4n) is 1.95. The molecule has 1 aromatic rings. The van der Waals surface area contributed by atoms with Crippen LogP contribution in [0.25, 0.3) is 0 Å². The van der Waals surface area contributed by atoms with Crippen molar-refractivity contribution < 1.29 is 4.79 Å². The zero-order chi connectivity index (χ0) is 13.9. The van der Waals surface area contributed by atoms with Crippen LogP contribution < -0.4 is 0 Å². The minimum Gasteiger partial charge on any atom is -0.335 e. The lowest BCUT2D eigenvalue weighted by Crippen LogP contribution is -2.34. The van der Waals surface area contributed by atoms with Crippen LogP contribution in [0.15, 0.2) is 30.3 Å². The predicted molar refractivity (Wildman–Crippen MR) is 82.2 cm³/mol. The molecule has 0 unspecified atom stereocenters. The van der Waals surface area contributed by atoms with Crippen LogP contribution in [0.2, 0.25) is 0 Å². The van der Waals surface area contributed by atoms with E-state index >= 15 is 0 Å². The molecule has 0 heterocycles. The van der Waals surface area contributed by atoms with Gasteiger partial charge in [0.1, 0.15) is 0 Å². The molecule has 19 heavy (non-hydrogen) atoms. The lowest BCUT2D eigenvalue weighted by atomic mass is 10.2. The molecular formula is C16H23NOS. The van der Waals surface area contributed by atoms with Crippen LogP contribution in [0.3, 0.4) is 0 Å². The van der Waals surface area contributed by atoms with Crippen molar-refractivity contribution >= 4 is 17.7 Å². The molecule has 0 atom stereocenters. The standard InChI is InChI=1S/C16H23NOS/c1-16(2,3)19-12-15(18)17(14-9-10-14)11-13-7-5-4-6-8-13/h4-8,14H,9-12H2,1-3H3. The maximum absolute atomic E-state index is 12.4. The van der Waals surface area contributed by atoms with E-state index in [4.69, 9.17) is 0 Å². The highest BCUT2D eigenvalue weighted by molar-refractivity contribution is 8.01. The molecule has 1 aliphatic carbocycles. The van der Waals surface area contributed by atoms with Crippen LogP contribution in [0.5, 0.6) is 0 Å². The van der Waals surface area contributed by atoms with Crippen molar-refractivity contribution in [1.82, 2.24) is 4.90 Å². The van der Waals surface area contributed by atoms with Crippen molar-refractivity contribution in [2.24, 2.45) is 0 Å². The van der Waals surface area contributed by atoms with E-state index < -0.39 is 0 Å². The van der Waals surface area contributed by atoms with Gasteiger partial charge in [-0.3, -0.25) is 4.79 Å². The molecule has 0 aromatic heterocycles. The van der Waals surface area contributed by atoms with Gasteiger partial charge in [-0.2, -0.15) is 0 Å². The van der Waals surface area contributed by atoms with Crippen molar-refractivity contribution in [2.45, 2.75) is 50.9 Å². The SMILES string of the molecule is CC(C)(C)SCC(=O)N(Cc1ccccc1)C1CC1. The zero-order valence-corrected chi connectivity index (χ0v) is 12.9. The van der Waals surface area contributed by atoms with Gasteiger partial charge in [-0.05, 0) is 18.4 Å². The molecule has 0 N–H and O–H groups in total. The van der Waals surface area contributed by atoms with Gasteiger partial charge in [0, 0.05) is 17.3 Å². The normalized spacial score (nSPS) is 15.3. The highest BCUT2D eigenvalue weighted by Gasteiger charge is 2.32. The largest absolute Gasteiger partial charge is 0.335 e. The van der Waals surface area contributed by atoms with E-state index in [2.05, 4.69) is 37.8 Å². The van der Waals surface area contributed by atoms with E-state index in [1.165, 1.54) is 18.4 Å². The van der Waals surface area contributed by atoms with Gasteiger partial charge < -0.3 is 4.90 Å². The summed E-state index contributed by atoms with van der Waals surface area (Å²) in [7, 11) is 0. The van der Waals surface area contributed by atoms with Crippen LogP contribution in [-0.2, 0) is 11.3 Å². The van der Waals surface area contributed by atoms with Gasteiger partial charge in [0.15, 0.2) is 0 Å². The number of hydrogen-bond donors (Lipinski definition) is 0. The molecule has 1 saturated carbocycles. The Bertz CT molecular complexity index is 420. The quantitative estimate of drug-likeness (QED) is 0.817.